The Kier molecular flexibility index (Phi) is 2.22. The van der Waals surface area contributed by atoms with Crippen LogP contribution in [0.3, 0.4) is 0 Å². The van der Waals surface area contributed by atoms with Crippen LogP contribution in [-0.2, 0) is 0 Å². The maximum absolute atomic E-state index is 5.51. The standard InChI is InChI=1S/C9H8IN3/c10-7-1-3-8(4-2-7)13-6-5-9(11)12-13/h1-6H,(H2,11,12). The third-order valence-electron chi connectivity index (χ3n) is 1.70. The second-order valence-electron chi connectivity index (χ2n) is 2.66. The first-order valence-corrected chi connectivity index (χ1v) is 4.91. The molecular weight excluding hydrogens is 277 g/mol. The lowest BCUT2D eigenvalue weighted by Crippen LogP contribution is -1.95. The van der Waals surface area contributed by atoms with Crippen LogP contribution < -0.4 is 5.73 Å². The van der Waals surface area contributed by atoms with Gasteiger partial charge in [-0.2, -0.15) is 5.10 Å². The van der Waals surface area contributed by atoms with Gasteiger partial charge in [-0.05, 0) is 46.9 Å². The van der Waals surface area contributed by atoms with Gasteiger partial charge in [0.2, 0.25) is 0 Å². The minimum atomic E-state index is 0.540. The highest BCUT2D eigenvalue weighted by Gasteiger charge is 1.96. The van der Waals surface area contributed by atoms with Gasteiger partial charge in [0.05, 0.1) is 5.69 Å². The predicted molar refractivity (Wildman–Crippen MR) is 60.7 cm³/mol. The first-order chi connectivity index (χ1) is 6.25. The summed E-state index contributed by atoms with van der Waals surface area (Å²) in [6.45, 7) is 0. The summed E-state index contributed by atoms with van der Waals surface area (Å²) >= 11 is 2.27. The molecule has 4 heteroatoms. The van der Waals surface area contributed by atoms with E-state index >= 15 is 0 Å². The molecule has 2 N–H and O–H groups in total. The summed E-state index contributed by atoms with van der Waals surface area (Å²) in [6, 6.07) is 9.86. The molecule has 0 saturated carbocycles. The van der Waals surface area contributed by atoms with Crippen molar-refractivity contribution >= 4 is 28.4 Å². The van der Waals surface area contributed by atoms with E-state index < -0.39 is 0 Å². The lowest BCUT2D eigenvalue weighted by molar-refractivity contribution is 0.885. The van der Waals surface area contributed by atoms with Crippen molar-refractivity contribution in [3.8, 4) is 5.69 Å². The van der Waals surface area contributed by atoms with E-state index in [-0.39, 0.29) is 0 Å². The molecule has 0 unspecified atom stereocenters. The van der Waals surface area contributed by atoms with Crippen molar-refractivity contribution in [2.24, 2.45) is 0 Å². The summed E-state index contributed by atoms with van der Waals surface area (Å²) < 4.78 is 2.97. The molecule has 1 heterocycles. The van der Waals surface area contributed by atoms with E-state index in [4.69, 9.17) is 5.73 Å². The normalized spacial score (nSPS) is 10.2. The number of hydrogen-bond donors (Lipinski definition) is 1. The van der Waals surface area contributed by atoms with E-state index in [0.717, 1.165) is 5.69 Å². The van der Waals surface area contributed by atoms with E-state index in [0.29, 0.717) is 5.82 Å². The first-order valence-electron chi connectivity index (χ1n) is 3.83. The van der Waals surface area contributed by atoms with Crippen LogP contribution in [0, 0.1) is 3.57 Å². The topological polar surface area (TPSA) is 43.8 Å². The molecule has 1 aromatic carbocycles. The fourth-order valence-corrected chi connectivity index (χ4v) is 1.44. The molecule has 0 radical (unpaired) electrons. The molecule has 66 valence electrons. The van der Waals surface area contributed by atoms with E-state index in [1.54, 1.807) is 10.7 Å². The predicted octanol–water partition coefficient (Wildman–Crippen LogP) is 2.06. The summed E-state index contributed by atoms with van der Waals surface area (Å²) in [5.74, 6) is 0.540. The Balaban J connectivity index is 2.41. The fraction of sp³-hybridized carbons (Fsp3) is 0. The van der Waals surface area contributed by atoms with Gasteiger partial charge in [-0.15, -0.1) is 0 Å². The van der Waals surface area contributed by atoms with Crippen molar-refractivity contribution in [1.82, 2.24) is 9.78 Å². The van der Waals surface area contributed by atoms with Crippen LogP contribution in [0.15, 0.2) is 36.5 Å². The van der Waals surface area contributed by atoms with Crippen LogP contribution in [0.1, 0.15) is 0 Å². The number of anilines is 1. The van der Waals surface area contributed by atoms with Gasteiger partial charge >= 0.3 is 0 Å². The van der Waals surface area contributed by atoms with Crippen molar-refractivity contribution in [3.05, 3.63) is 40.1 Å². The molecule has 0 spiro atoms. The molecule has 0 atom stereocenters. The minimum absolute atomic E-state index is 0.540. The van der Waals surface area contributed by atoms with Crippen molar-refractivity contribution in [1.29, 1.82) is 0 Å². The van der Waals surface area contributed by atoms with E-state index in [1.807, 2.05) is 30.5 Å². The smallest absolute Gasteiger partial charge is 0.145 e. The molecule has 13 heavy (non-hydrogen) atoms. The van der Waals surface area contributed by atoms with Gasteiger partial charge in [-0.1, -0.05) is 0 Å². The summed E-state index contributed by atoms with van der Waals surface area (Å²) in [5.41, 5.74) is 6.54. The monoisotopic (exact) mass is 285 g/mol. The highest BCUT2D eigenvalue weighted by Crippen LogP contribution is 2.11. The van der Waals surface area contributed by atoms with Crippen LogP contribution in [0.4, 0.5) is 5.82 Å². The molecule has 0 bridgehead atoms. The Hall–Kier alpha value is -1.04. The Morgan fingerprint density at radius 2 is 1.85 bits per heavy atom. The largest absolute Gasteiger partial charge is 0.382 e. The third-order valence-corrected chi connectivity index (χ3v) is 2.42. The number of benzene rings is 1. The fourth-order valence-electron chi connectivity index (χ4n) is 1.08. The van der Waals surface area contributed by atoms with E-state index in [1.165, 1.54) is 3.57 Å². The zero-order valence-corrected chi connectivity index (χ0v) is 8.97. The number of hydrogen-bond acceptors (Lipinski definition) is 2. The van der Waals surface area contributed by atoms with Crippen LogP contribution in [0.5, 0.6) is 0 Å². The number of nitrogens with two attached hydrogens (primary N) is 1. The molecular formula is C9H8IN3. The molecule has 2 aromatic rings. The first kappa shape index (κ1) is 8.55. The van der Waals surface area contributed by atoms with Crippen molar-refractivity contribution in [3.63, 3.8) is 0 Å². The van der Waals surface area contributed by atoms with Gasteiger partial charge in [-0.25, -0.2) is 4.68 Å². The Morgan fingerprint density at radius 3 is 2.38 bits per heavy atom. The lowest BCUT2D eigenvalue weighted by Gasteiger charge is -1.99. The number of nitrogens with zero attached hydrogens (tertiary/aromatic N) is 2. The Bertz CT molecular complexity index is 405. The van der Waals surface area contributed by atoms with E-state index in [2.05, 4.69) is 27.7 Å². The Labute approximate surface area is 89.7 Å². The van der Waals surface area contributed by atoms with Crippen LogP contribution >= 0.6 is 22.6 Å². The number of halogens is 1. The summed E-state index contributed by atoms with van der Waals surface area (Å²) in [4.78, 5) is 0. The second-order valence-corrected chi connectivity index (χ2v) is 3.91. The quantitative estimate of drug-likeness (QED) is 0.815. The molecule has 3 nitrogen and oxygen atoms in total. The van der Waals surface area contributed by atoms with Gasteiger partial charge in [0.15, 0.2) is 0 Å². The molecule has 1 aromatic heterocycles. The van der Waals surface area contributed by atoms with Gasteiger partial charge < -0.3 is 5.73 Å². The molecule has 0 aliphatic carbocycles. The Morgan fingerprint density at radius 1 is 1.15 bits per heavy atom. The van der Waals surface area contributed by atoms with Crippen LogP contribution in [0.25, 0.3) is 5.69 Å². The summed E-state index contributed by atoms with van der Waals surface area (Å²) in [5, 5.41) is 4.10. The maximum Gasteiger partial charge on any atom is 0.145 e. The van der Waals surface area contributed by atoms with Gasteiger partial charge in [0, 0.05) is 15.8 Å². The van der Waals surface area contributed by atoms with Crippen LogP contribution in [0.2, 0.25) is 0 Å². The van der Waals surface area contributed by atoms with Crippen molar-refractivity contribution in [2.45, 2.75) is 0 Å². The molecule has 0 fully saturated rings. The lowest BCUT2D eigenvalue weighted by atomic mass is 10.3. The van der Waals surface area contributed by atoms with Gasteiger partial charge in [-0.3, -0.25) is 0 Å². The van der Waals surface area contributed by atoms with Gasteiger partial charge in [0.1, 0.15) is 5.82 Å². The highest BCUT2D eigenvalue weighted by atomic mass is 127. The van der Waals surface area contributed by atoms with Crippen molar-refractivity contribution < 1.29 is 0 Å². The van der Waals surface area contributed by atoms with Crippen LogP contribution in [-0.4, -0.2) is 9.78 Å². The zero-order chi connectivity index (χ0) is 9.26. The maximum atomic E-state index is 5.51. The molecule has 0 aliphatic rings. The molecule has 2 rings (SSSR count). The highest BCUT2D eigenvalue weighted by molar-refractivity contribution is 14.1. The average Bonchev–Trinajstić information content (AvgIpc) is 2.53. The zero-order valence-electron chi connectivity index (χ0n) is 6.81. The number of rotatable bonds is 1. The SMILES string of the molecule is Nc1ccn(-c2ccc(I)cc2)n1. The second kappa shape index (κ2) is 3.37. The molecule has 0 saturated heterocycles. The summed E-state index contributed by atoms with van der Waals surface area (Å²) in [7, 11) is 0. The van der Waals surface area contributed by atoms with E-state index in [9.17, 15) is 0 Å². The summed E-state index contributed by atoms with van der Waals surface area (Å²) in [6.07, 6.45) is 1.84. The third kappa shape index (κ3) is 1.82. The minimum Gasteiger partial charge on any atom is -0.382 e. The van der Waals surface area contributed by atoms with Crippen molar-refractivity contribution in [2.75, 3.05) is 5.73 Å². The van der Waals surface area contributed by atoms with Gasteiger partial charge in [0.25, 0.3) is 0 Å². The average molecular weight is 285 g/mol. The number of aromatic nitrogens is 2. The number of nitrogen functional groups attached to an aromatic ring is 1. The molecule has 0 aliphatic heterocycles. The molecule has 0 amide bonds.